The average Bonchev–Trinajstić information content (AvgIpc) is 2.05. The van der Waals surface area contributed by atoms with Crippen molar-refractivity contribution in [2.45, 2.75) is 24.4 Å². The molecule has 0 spiro atoms. The molecule has 0 saturated heterocycles. The minimum Gasteiger partial charge on any atom is -0.410 e. The van der Waals surface area contributed by atoms with Crippen molar-refractivity contribution in [2.75, 3.05) is 6.17 Å². The van der Waals surface area contributed by atoms with E-state index in [1.807, 2.05) is 6.08 Å². The molecule has 0 bridgehead atoms. The van der Waals surface area contributed by atoms with Crippen molar-refractivity contribution in [1.82, 2.24) is 0 Å². The van der Waals surface area contributed by atoms with Gasteiger partial charge in [0.1, 0.15) is 0 Å². The van der Waals surface area contributed by atoms with Gasteiger partial charge in [0, 0.05) is 17.8 Å². The second-order valence-corrected chi connectivity index (χ2v) is 6.22. The lowest BCUT2D eigenvalue weighted by molar-refractivity contribution is 0.340. The second kappa shape index (κ2) is 3.67. The molecule has 6 N–H and O–H groups in total. The monoisotopic (exact) mass is 188 g/mol. The molecule has 1 rings (SSSR count). The van der Waals surface area contributed by atoms with Crippen LogP contribution in [0.2, 0.25) is 5.54 Å². The van der Waals surface area contributed by atoms with Gasteiger partial charge in [-0.15, -0.1) is 0 Å². The van der Waals surface area contributed by atoms with E-state index in [-0.39, 0.29) is 17.8 Å². The van der Waals surface area contributed by atoms with E-state index >= 15 is 0 Å². The normalized spacial score (nSPS) is 30.7. The third kappa shape index (κ3) is 2.15. The number of allylic oxidation sites excluding steroid dienone is 1. The summed E-state index contributed by atoms with van der Waals surface area (Å²) in [5.74, 6) is 0. The van der Waals surface area contributed by atoms with Crippen LogP contribution in [0.1, 0.15) is 12.8 Å². The Balaban J connectivity index is 2.60. The number of hydrogen-bond donors (Lipinski definition) is 4. The van der Waals surface area contributed by atoms with Crippen LogP contribution in [-0.2, 0) is 0 Å². The molecule has 2 unspecified atom stereocenters. The molecule has 0 saturated carbocycles. The molecular weight excluding hydrogens is 172 g/mol. The summed E-state index contributed by atoms with van der Waals surface area (Å²) >= 11 is 0. The zero-order valence-electron chi connectivity index (χ0n) is 6.98. The van der Waals surface area contributed by atoms with Gasteiger partial charge in [-0.25, -0.2) is 0 Å². The average molecular weight is 188 g/mol. The summed E-state index contributed by atoms with van der Waals surface area (Å²) in [6.45, 7) is 0. The first kappa shape index (κ1) is 9.88. The molecule has 1 aliphatic rings. The lowest BCUT2D eigenvalue weighted by Gasteiger charge is -2.28. The highest BCUT2D eigenvalue weighted by Crippen LogP contribution is 2.28. The van der Waals surface area contributed by atoms with E-state index in [2.05, 4.69) is 0 Å². The van der Waals surface area contributed by atoms with Crippen molar-refractivity contribution in [3.05, 3.63) is 12.2 Å². The Hall–Kier alpha value is -0.203. The van der Waals surface area contributed by atoms with Gasteiger partial charge in [-0.2, -0.15) is 0 Å². The largest absolute Gasteiger partial charge is 0.410 e. The van der Waals surface area contributed by atoms with Gasteiger partial charge in [0.25, 0.3) is 0 Å². The van der Waals surface area contributed by atoms with Crippen LogP contribution in [0.5, 0.6) is 0 Å². The fraction of sp³-hybridized carbons (Fsp3) is 0.714. The van der Waals surface area contributed by atoms with Crippen LogP contribution in [0, 0.1) is 0 Å². The standard InChI is InChI=1S/C7H16N2O2Si/c8-5-12(10,11)7-3-1-6(9)2-4-7/h1,3,6-7,10-11H,2,4-5,8-9H2. The van der Waals surface area contributed by atoms with Crippen LogP contribution in [-0.4, -0.2) is 30.4 Å². The molecule has 1 aliphatic carbocycles. The summed E-state index contributed by atoms with van der Waals surface area (Å²) in [5.41, 5.74) is 10.7. The topological polar surface area (TPSA) is 92.5 Å². The molecule has 0 heterocycles. The Bertz CT molecular complexity index is 184. The minimum absolute atomic E-state index is 0.00273. The molecule has 0 aromatic rings. The van der Waals surface area contributed by atoms with E-state index in [1.54, 1.807) is 6.08 Å². The number of hydrogen-bond acceptors (Lipinski definition) is 4. The van der Waals surface area contributed by atoms with E-state index < -0.39 is 8.56 Å². The van der Waals surface area contributed by atoms with Gasteiger partial charge in [-0.1, -0.05) is 12.2 Å². The second-order valence-electron chi connectivity index (χ2n) is 3.32. The summed E-state index contributed by atoms with van der Waals surface area (Å²) in [6.07, 6.45) is 5.19. The summed E-state index contributed by atoms with van der Waals surface area (Å²) in [7, 11) is -3.17. The first-order valence-electron chi connectivity index (χ1n) is 4.15. The molecule has 0 aromatic heterocycles. The molecule has 5 heteroatoms. The van der Waals surface area contributed by atoms with E-state index in [1.165, 1.54) is 0 Å². The first-order valence-corrected chi connectivity index (χ1v) is 6.33. The first-order chi connectivity index (χ1) is 5.56. The van der Waals surface area contributed by atoms with Gasteiger partial charge in [0.15, 0.2) is 0 Å². The van der Waals surface area contributed by atoms with Crippen LogP contribution >= 0.6 is 0 Å². The SMILES string of the molecule is NC[Si](O)(O)C1C=CC(N)CC1. The maximum atomic E-state index is 9.51. The zero-order valence-corrected chi connectivity index (χ0v) is 7.98. The third-order valence-corrected chi connectivity index (χ3v) is 4.57. The fourth-order valence-electron chi connectivity index (χ4n) is 1.38. The molecule has 70 valence electrons. The van der Waals surface area contributed by atoms with Crippen LogP contribution in [0.4, 0.5) is 0 Å². The van der Waals surface area contributed by atoms with Crippen LogP contribution in [0.25, 0.3) is 0 Å². The van der Waals surface area contributed by atoms with Crippen molar-refractivity contribution < 1.29 is 9.59 Å². The van der Waals surface area contributed by atoms with E-state index in [9.17, 15) is 9.59 Å². The smallest absolute Gasteiger partial charge is 0.353 e. The molecule has 12 heavy (non-hydrogen) atoms. The van der Waals surface area contributed by atoms with Gasteiger partial charge in [-0.3, -0.25) is 0 Å². The van der Waals surface area contributed by atoms with Crippen molar-refractivity contribution in [3.63, 3.8) is 0 Å². The quantitative estimate of drug-likeness (QED) is 0.329. The lowest BCUT2D eigenvalue weighted by atomic mass is 10.0. The fourth-order valence-corrected chi connectivity index (χ4v) is 2.73. The maximum Gasteiger partial charge on any atom is 0.353 e. The molecule has 0 radical (unpaired) electrons. The number of nitrogens with two attached hydrogens (primary N) is 2. The van der Waals surface area contributed by atoms with E-state index in [0.29, 0.717) is 0 Å². The molecule has 0 fully saturated rings. The molecular formula is C7H16N2O2Si. The summed E-state index contributed by atoms with van der Waals surface area (Å²) in [6, 6.07) is 0.0730. The van der Waals surface area contributed by atoms with E-state index in [0.717, 1.165) is 12.8 Å². The van der Waals surface area contributed by atoms with Crippen molar-refractivity contribution >= 4 is 8.56 Å². The minimum atomic E-state index is -3.17. The molecule has 0 aliphatic heterocycles. The highest BCUT2D eigenvalue weighted by molar-refractivity contribution is 6.67. The van der Waals surface area contributed by atoms with Crippen LogP contribution in [0.3, 0.4) is 0 Å². The van der Waals surface area contributed by atoms with Crippen LogP contribution in [0.15, 0.2) is 12.2 Å². The Labute approximate surface area is 73.1 Å². The molecule has 4 nitrogen and oxygen atoms in total. The Morgan fingerprint density at radius 1 is 1.33 bits per heavy atom. The third-order valence-electron chi connectivity index (χ3n) is 2.30. The molecule has 0 amide bonds. The predicted octanol–water partition coefficient (Wildman–Crippen LogP) is -1.04. The van der Waals surface area contributed by atoms with Gasteiger partial charge in [-0.05, 0) is 12.8 Å². The number of rotatable bonds is 2. The molecule has 0 aromatic carbocycles. The van der Waals surface area contributed by atoms with E-state index in [4.69, 9.17) is 11.5 Å². The summed E-state index contributed by atoms with van der Waals surface area (Å²) in [4.78, 5) is 19.0. The van der Waals surface area contributed by atoms with Crippen LogP contribution < -0.4 is 11.5 Å². The Morgan fingerprint density at radius 2 is 2.00 bits per heavy atom. The zero-order chi connectivity index (χ0) is 9.19. The van der Waals surface area contributed by atoms with Crippen molar-refractivity contribution in [3.8, 4) is 0 Å². The van der Waals surface area contributed by atoms with Crippen molar-refractivity contribution in [2.24, 2.45) is 11.5 Å². The molecule has 2 atom stereocenters. The Kier molecular flexibility index (Phi) is 3.02. The van der Waals surface area contributed by atoms with Gasteiger partial charge >= 0.3 is 8.56 Å². The highest BCUT2D eigenvalue weighted by atomic mass is 28.4. The lowest BCUT2D eigenvalue weighted by Crippen LogP contribution is -2.49. The highest BCUT2D eigenvalue weighted by Gasteiger charge is 2.37. The Morgan fingerprint density at radius 3 is 2.42 bits per heavy atom. The maximum absolute atomic E-state index is 9.51. The van der Waals surface area contributed by atoms with Gasteiger partial charge in [0.2, 0.25) is 0 Å². The van der Waals surface area contributed by atoms with Crippen molar-refractivity contribution in [1.29, 1.82) is 0 Å². The predicted molar refractivity (Wildman–Crippen MR) is 49.3 cm³/mol. The summed E-state index contributed by atoms with van der Waals surface area (Å²) < 4.78 is 0. The van der Waals surface area contributed by atoms with Gasteiger partial charge < -0.3 is 21.1 Å². The van der Waals surface area contributed by atoms with Gasteiger partial charge in [0.05, 0.1) is 0 Å². The summed E-state index contributed by atoms with van der Waals surface area (Å²) in [5, 5.41) is 0.